The van der Waals surface area contributed by atoms with E-state index in [1.54, 1.807) is 0 Å². The van der Waals surface area contributed by atoms with Gasteiger partial charge in [0.1, 0.15) is 0 Å². The minimum absolute atomic E-state index is 0.646. The van der Waals surface area contributed by atoms with Crippen LogP contribution in [0.15, 0.2) is 0 Å². The Kier molecular flexibility index (Phi) is 3.61. The Morgan fingerprint density at radius 1 is 1.08 bits per heavy atom. The van der Waals surface area contributed by atoms with Crippen LogP contribution in [-0.2, 0) is 0 Å². The van der Waals surface area contributed by atoms with E-state index in [1.807, 2.05) is 5.92 Å². The van der Waals surface area contributed by atoms with E-state index in [0.717, 1.165) is 0 Å². The van der Waals surface area contributed by atoms with Crippen molar-refractivity contribution in [3.63, 3.8) is 0 Å². The van der Waals surface area contributed by atoms with Gasteiger partial charge in [-0.15, -0.1) is 0 Å². The van der Waals surface area contributed by atoms with Crippen molar-refractivity contribution in [3.8, 4) is 0 Å². The summed E-state index contributed by atoms with van der Waals surface area (Å²) in [4.78, 5) is 0. The average molecular weight is 167 g/mol. The maximum atomic E-state index is 2.37. The van der Waals surface area contributed by atoms with Gasteiger partial charge < -0.3 is 0 Å². The molecule has 0 heterocycles. The van der Waals surface area contributed by atoms with Gasteiger partial charge in [-0.05, 0) is 43.4 Å². The molecule has 0 aliphatic heterocycles. The van der Waals surface area contributed by atoms with E-state index < -0.39 is 0 Å². The molecule has 0 aromatic heterocycles. The molecule has 0 N–H and O–H groups in total. The second-order valence-electron chi connectivity index (χ2n) is 4.15. The van der Waals surface area contributed by atoms with Gasteiger partial charge in [0.2, 0.25) is 0 Å². The van der Waals surface area contributed by atoms with Crippen LogP contribution in [0, 0.1) is 11.3 Å². The predicted molar refractivity (Wildman–Crippen MR) is 55.0 cm³/mol. The molecule has 0 aromatic rings. The van der Waals surface area contributed by atoms with Crippen LogP contribution >= 0.6 is 0 Å². The second-order valence-corrected chi connectivity index (χ2v) is 4.15. The molecule has 0 unspecified atom stereocenters. The van der Waals surface area contributed by atoms with E-state index >= 15 is 0 Å². The van der Waals surface area contributed by atoms with Gasteiger partial charge in [-0.3, -0.25) is 0 Å². The first-order valence-electron chi connectivity index (χ1n) is 5.64. The van der Waals surface area contributed by atoms with Gasteiger partial charge in [0.25, 0.3) is 0 Å². The molecule has 0 atom stereocenters. The van der Waals surface area contributed by atoms with E-state index in [-0.39, 0.29) is 0 Å². The lowest BCUT2D eigenvalue weighted by Crippen LogP contribution is -2.30. The third kappa shape index (κ3) is 1.67. The highest BCUT2D eigenvalue weighted by atomic mass is 14.4. The first-order valence-corrected chi connectivity index (χ1v) is 5.64. The molecule has 0 amide bonds. The molecular weight excluding hydrogens is 144 g/mol. The monoisotopic (exact) mass is 167 g/mol. The summed E-state index contributed by atoms with van der Waals surface area (Å²) in [5, 5.41) is 0. The van der Waals surface area contributed by atoms with Gasteiger partial charge in [-0.1, -0.05) is 33.6 Å². The van der Waals surface area contributed by atoms with Crippen LogP contribution < -0.4 is 0 Å². The molecule has 0 bridgehead atoms. The molecule has 1 saturated carbocycles. The summed E-state index contributed by atoms with van der Waals surface area (Å²) in [7, 11) is 0. The number of hydrogen-bond acceptors (Lipinski definition) is 0. The molecule has 12 heavy (non-hydrogen) atoms. The van der Waals surface area contributed by atoms with Gasteiger partial charge in [-0.25, -0.2) is 0 Å². The zero-order valence-electron chi connectivity index (χ0n) is 8.95. The van der Waals surface area contributed by atoms with Crippen molar-refractivity contribution < 1.29 is 0 Å². The molecule has 1 radical (unpaired) electrons. The summed E-state index contributed by atoms with van der Waals surface area (Å²) in [6, 6.07) is 0. The van der Waals surface area contributed by atoms with Gasteiger partial charge >= 0.3 is 0 Å². The number of hydrogen-bond donors (Lipinski definition) is 0. The van der Waals surface area contributed by atoms with Crippen LogP contribution in [0.25, 0.3) is 0 Å². The summed E-state index contributed by atoms with van der Waals surface area (Å²) < 4.78 is 0. The highest BCUT2D eigenvalue weighted by Crippen LogP contribution is 2.49. The van der Waals surface area contributed by atoms with E-state index in [2.05, 4.69) is 20.8 Å². The van der Waals surface area contributed by atoms with Gasteiger partial charge in [0, 0.05) is 0 Å². The molecule has 0 nitrogen and oxygen atoms in total. The first-order chi connectivity index (χ1) is 5.79. The topological polar surface area (TPSA) is 0 Å². The van der Waals surface area contributed by atoms with Crippen LogP contribution in [0.4, 0.5) is 0 Å². The van der Waals surface area contributed by atoms with Gasteiger partial charge in [-0.2, -0.15) is 0 Å². The van der Waals surface area contributed by atoms with E-state index in [4.69, 9.17) is 0 Å². The Labute approximate surface area is 77.7 Å². The van der Waals surface area contributed by atoms with Crippen molar-refractivity contribution in [1.29, 1.82) is 0 Å². The maximum Gasteiger partial charge on any atom is -0.0182 e. The Bertz CT molecular complexity index is 122. The predicted octanol–water partition coefficient (Wildman–Crippen LogP) is 4.35. The van der Waals surface area contributed by atoms with E-state index in [9.17, 15) is 0 Å². The zero-order chi connectivity index (χ0) is 9.03. The van der Waals surface area contributed by atoms with Crippen LogP contribution in [0.2, 0.25) is 0 Å². The van der Waals surface area contributed by atoms with Gasteiger partial charge in [0.15, 0.2) is 0 Å². The van der Waals surface area contributed by atoms with Crippen LogP contribution in [0.3, 0.4) is 0 Å². The third-order valence-corrected chi connectivity index (χ3v) is 3.91. The molecule has 0 spiro atoms. The third-order valence-electron chi connectivity index (χ3n) is 3.91. The highest BCUT2D eigenvalue weighted by Gasteiger charge is 2.36. The quantitative estimate of drug-likeness (QED) is 0.586. The molecule has 0 aromatic carbocycles. The van der Waals surface area contributed by atoms with Crippen LogP contribution in [-0.4, -0.2) is 0 Å². The molecule has 1 rings (SSSR count). The van der Waals surface area contributed by atoms with Crippen molar-refractivity contribution in [1.82, 2.24) is 0 Å². The van der Waals surface area contributed by atoms with Crippen LogP contribution in [0.5, 0.6) is 0 Å². The Hall–Kier alpha value is 0. The highest BCUT2D eigenvalue weighted by molar-refractivity contribution is 5.07. The lowest BCUT2D eigenvalue weighted by molar-refractivity contribution is 0.197. The van der Waals surface area contributed by atoms with E-state index in [1.165, 1.54) is 44.9 Å². The fourth-order valence-corrected chi connectivity index (χ4v) is 2.90. The van der Waals surface area contributed by atoms with Crippen molar-refractivity contribution in [2.75, 3.05) is 0 Å². The molecule has 1 fully saturated rings. The second kappa shape index (κ2) is 4.30. The zero-order valence-corrected chi connectivity index (χ0v) is 8.95. The Morgan fingerprint density at radius 3 is 2.17 bits per heavy atom. The smallest absolute Gasteiger partial charge is 0.0182 e. The number of rotatable bonds is 3. The maximum absolute atomic E-state index is 2.37. The molecule has 1 aliphatic rings. The lowest BCUT2D eigenvalue weighted by Gasteiger charge is -2.42. The summed E-state index contributed by atoms with van der Waals surface area (Å²) in [5.74, 6) is 1.86. The first kappa shape index (κ1) is 10.1. The molecule has 1 aliphatic carbocycles. The molecule has 71 valence electrons. The largest absolute Gasteiger partial charge is 0.0648 e. The normalized spacial score (nSPS) is 24.2. The molecule has 0 saturated heterocycles. The average Bonchev–Trinajstić information content (AvgIpc) is 2.17. The van der Waals surface area contributed by atoms with Crippen molar-refractivity contribution in [2.24, 2.45) is 5.41 Å². The van der Waals surface area contributed by atoms with Crippen molar-refractivity contribution in [2.45, 2.75) is 65.7 Å². The molecule has 0 heteroatoms. The lowest BCUT2D eigenvalue weighted by atomic mass is 9.62. The Balaban J connectivity index is 2.66. The van der Waals surface area contributed by atoms with Crippen LogP contribution in [0.1, 0.15) is 65.7 Å². The Morgan fingerprint density at radius 2 is 1.75 bits per heavy atom. The SMILES string of the molecule is CC[C]1CCCCC1(CC)CC. The molecular formula is C12H23. The minimum atomic E-state index is 0.646. The van der Waals surface area contributed by atoms with E-state index in [0.29, 0.717) is 5.41 Å². The minimum Gasteiger partial charge on any atom is -0.0648 e. The summed E-state index contributed by atoms with van der Waals surface area (Å²) in [5.41, 5.74) is 0.646. The van der Waals surface area contributed by atoms with Crippen molar-refractivity contribution >= 4 is 0 Å². The van der Waals surface area contributed by atoms with Crippen molar-refractivity contribution in [3.05, 3.63) is 5.92 Å². The summed E-state index contributed by atoms with van der Waals surface area (Å²) >= 11 is 0. The fraction of sp³-hybridized carbons (Fsp3) is 0.917. The summed E-state index contributed by atoms with van der Waals surface area (Å²) in [6.07, 6.45) is 9.85. The fourth-order valence-electron chi connectivity index (χ4n) is 2.90. The standard InChI is InChI=1S/C12H23/c1-4-11-9-7-8-10-12(11,5-2)6-3/h4-10H2,1-3H3. The van der Waals surface area contributed by atoms with Gasteiger partial charge in [0.05, 0.1) is 0 Å². The summed E-state index contributed by atoms with van der Waals surface area (Å²) in [6.45, 7) is 7.07.